The average Bonchev–Trinajstić information content (AvgIpc) is 2.03. The lowest BCUT2D eigenvalue weighted by molar-refractivity contribution is -0.0501. The topological polar surface area (TPSA) is 22.1 Å². The maximum atomic E-state index is 11.7. The van der Waals surface area contributed by atoms with E-state index in [9.17, 15) is 8.78 Å². The summed E-state index contributed by atoms with van der Waals surface area (Å²) in [6.45, 7) is -0.904. The van der Waals surface area contributed by atoms with Crippen molar-refractivity contribution in [3.05, 3.63) is 24.0 Å². The molecule has 0 aliphatic rings. The molecule has 0 fully saturated rings. The summed E-state index contributed by atoms with van der Waals surface area (Å²) < 4.78 is 27.5. The number of rotatable bonds is 3. The van der Waals surface area contributed by atoms with E-state index in [1.54, 1.807) is 0 Å². The summed E-state index contributed by atoms with van der Waals surface area (Å²) in [5.74, 6) is 0.0839. The van der Waals surface area contributed by atoms with E-state index in [4.69, 9.17) is 0 Å². The van der Waals surface area contributed by atoms with Crippen molar-refractivity contribution in [1.82, 2.24) is 4.98 Å². The maximum absolute atomic E-state index is 11.7. The van der Waals surface area contributed by atoms with E-state index in [0.29, 0.717) is 6.42 Å². The van der Waals surface area contributed by atoms with E-state index in [-0.39, 0.29) is 5.75 Å². The van der Waals surface area contributed by atoms with Crippen LogP contribution in [0.4, 0.5) is 8.78 Å². The number of pyridine rings is 1. The Balaban J connectivity index is 2.72. The SMILES string of the molecule is CCc1[c]ncc(OC(F)F)c1. The van der Waals surface area contributed by atoms with Crippen LogP contribution in [-0.2, 0) is 6.42 Å². The third kappa shape index (κ3) is 2.45. The van der Waals surface area contributed by atoms with E-state index in [0.717, 1.165) is 5.56 Å². The molecule has 0 unspecified atom stereocenters. The first kappa shape index (κ1) is 8.90. The Morgan fingerprint density at radius 3 is 3.00 bits per heavy atom. The van der Waals surface area contributed by atoms with E-state index >= 15 is 0 Å². The molecule has 0 aliphatic carbocycles. The van der Waals surface area contributed by atoms with Crippen LogP contribution >= 0.6 is 0 Å². The first-order valence-corrected chi connectivity index (χ1v) is 3.53. The van der Waals surface area contributed by atoms with Gasteiger partial charge in [0.05, 0.1) is 12.4 Å². The molecule has 1 rings (SSSR count). The first-order valence-electron chi connectivity index (χ1n) is 3.53. The van der Waals surface area contributed by atoms with Crippen LogP contribution in [0.2, 0.25) is 0 Å². The zero-order valence-electron chi connectivity index (χ0n) is 6.55. The fourth-order valence-corrected chi connectivity index (χ4v) is 0.769. The minimum atomic E-state index is -2.79. The van der Waals surface area contributed by atoms with E-state index in [2.05, 4.69) is 15.9 Å². The number of aryl methyl sites for hydroxylation is 1. The summed E-state index contributed by atoms with van der Waals surface area (Å²) in [7, 11) is 0. The number of alkyl halides is 2. The van der Waals surface area contributed by atoms with Gasteiger partial charge in [0.15, 0.2) is 0 Å². The molecule has 65 valence electrons. The number of halogens is 2. The van der Waals surface area contributed by atoms with Gasteiger partial charge in [-0.15, -0.1) is 0 Å². The van der Waals surface area contributed by atoms with Crippen molar-refractivity contribution >= 4 is 0 Å². The smallest absolute Gasteiger partial charge is 0.387 e. The van der Waals surface area contributed by atoms with Crippen LogP contribution < -0.4 is 4.74 Å². The van der Waals surface area contributed by atoms with Crippen LogP contribution in [-0.4, -0.2) is 11.6 Å². The van der Waals surface area contributed by atoms with Gasteiger partial charge in [-0.2, -0.15) is 8.78 Å². The Morgan fingerprint density at radius 2 is 2.42 bits per heavy atom. The number of hydrogen-bond donors (Lipinski definition) is 0. The summed E-state index contributed by atoms with van der Waals surface area (Å²) >= 11 is 0. The number of aromatic nitrogens is 1. The van der Waals surface area contributed by atoms with Gasteiger partial charge < -0.3 is 4.74 Å². The molecule has 0 bridgehead atoms. The van der Waals surface area contributed by atoms with Crippen LogP contribution in [0.25, 0.3) is 0 Å². The van der Waals surface area contributed by atoms with Gasteiger partial charge in [-0.1, -0.05) is 6.92 Å². The van der Waals surface area contributed by atoms with Crippen molar-refractivity contribution in [2.24, 2.45) is 0 Å². The van der Waals surface area contributed by atoms with Crippen LogP contribution in [0.15, 0.2) is 12.3 Å². The van der Waals surface area contributed by atoms with Gasteiger partial charge in [-0.05, 0) is 18.1 Å². The second-order valence-corrected chi connectivity index (χ2v) is 2.17. The van der Waals surface area contributed by atoms with Crippen molar-refractivity contribution in [2.75, 3.05) is 0 Å². The number of nitrogens with zero attached hydrogens (tertiary/aromatic N) is 1. The van der Waals surface area contributed by atoms with Crippen LogP contribution in [0.3, 0.4) is 0 Å². The maximum Gasteiger partial charge on any atom is 0.387 e. The van der Waals surface area contributed by atoms with Crippen LogP contribution in [0, 0.1) is 6.20 Å². The monoisotopic (exact) mass is 172 g/mol. The average molecular weight is 172 g/mol. The highest BCUT2D eigenvalue weighted by atomic mass is 19.3. The second kappa shape index (κ2) is 3.99. The molecule has 0 amide bonds. The van der Waals surface area contributed by atoms with E-state index < -0.39 is 6.61 Å². The van der Waals surface area contributed by atoms with E-state index in [1.165, 1.54) is 12.3 Å². The summed E-state index contributed by atoms with van der Waals surface area (Å²) in [5, 5.41) is 0. The predicted octanol–water partition coefficient (Wildman–Crippen LogP) is 2.05. The molecule has 12 heavy (non-hydrogen) atoms. The summed E-state index contributed by atoms with van der Waals surface area (Å²) in [4.78, 5) is 3.63. The lowest BCUT2D eigenvalue weighted by atomic mass is 10.2. The molecule has 0 N–H and O–H groups in total. The Hall–Kier alpha value is -1.19. The Morgan fingerprint density at radius 1 is 1.67 bits per heavy atom. The Bertz CT molecular complexity index is 253. The zero-order chi connectivity index (χ0) is 8.97. The number of hydrogen-bond acceptors (Lipinski definition) is 2. The molecule has 0 aliphatic heterocycles. The van der Waals surface area contributed by atoms with Gasteiger partial charge >= 0.3 is 6.61 Å². The highest BCUT2D eigenvalue weighted by molar-refractivity contribution is 5.22. The lowest BCUT2D eigenvalue weighted by Gasteiger charge is -2.03. The molecule has 0 spiro atoms. The fourth-order valence-electron chi connectivity index (χ4n) is 0.769. The van der Waals surface area contributed by atoms with Crippen molar-refractivity contribution in [3.63, 3.8) is 0 Å². The molecule has 2 nitrogen and oxygen atoms in total. The molecule has 1 aromatic heterocycles. The molecular weight excluding hydrogens is 164 g/mol. The standard InChI is InChI=1S/C8H8F2NO/c1-2-6-3-7(5-11-4-6)12-8(9)10/h3,5,8H,2H2,1H3. The summed E-state index contributed by atoms with van der Waals surface area (Å²) in [5.41, 5.74) is 0.758. The number of ether oxygens (including phenoxy) is 1. The quantitative estimate of drug-likeness (QED) is 0.696. The lowest BCUT2D eigenvalue weighted by Crippen LogP contribution is -2.02. The highest BCUT2D eigenvalue weighted by Crippen LogP contribution is 2.13. The minimum absolute atomic E-state index is 0.0839. The Kier molecular flexibility index (Phi) is 2.96. The van der Waals surface area contributed by atoms with Gasteiger partial charge in [0, 0.05) is 0 Å². The van der Waals surface area contributed by atoms with Gasteiger partial charge in [0.25, 0.3) is 0 Å². The van der Waals surface area contributed by atoms with Gasteiger partial charge in [-0.25, -0.2) is 0 Å². The normalized spacial score (nSPS) is 10.3. The predicted molar refractivity (Wildman–Crippen MR) is 39.1 cm³/mol. The molecule has 1 heterocycles. The fraction of sp³-hybridized carbons (Fsp3) is 0.375. The highest BCUT2D eigenvalue weighted by Gasteiger charge is 2.04. The third-order valence-electron chi connectivity index (χ3n) is 1.32. The minimum Gasteiger partial charge on any atom is -0.433 e. The molecule has 0 atom stereocenters. The molecule has 0 aromatic carbocycles. The van der Waals surface area contributed by atoms with Gasteiger partial charge in [0.2, 0.25) is 0 Å². The van der Waals surface area contributed by atoms with Crippen molar-refractivity contribution < 1.29 is 13.5 Å². The Labute approximate surface area is 69.2 Å². The zero-order valence-corrected chi connectivity index (χ0v) is 6.55. The molecule has 0 saturated heterocycles. The third-order valence-corrected chi connectivity index (χ3v) is 1.32. The molecule has 1 radical (unpaired) electrons. The second-order valence-electron chi connectivity index (χ2n) is 2.17. The van der Waals surface area contributed by atoms with Crippen LogP contribution in [0.1, 0.15) is 12.5 Å². The summed E-state index contributed by atoms with van der Waals surface area (Å²) in [6, 6.07) is 1.50. The van der Waals surface area contributed by atoms with Crippen LogP contribution in [0.5, 0.6) is 5.75 Å². The summed E-state index contributed by atoms with van der Waals surface area (Å²) in [6.07, 6.45) is 4.57. The van der Waals surface area contributed by atoms with Crippen molar-refractivity contribution in [3.8, 4) is 5.75 Å². The first-order chi connectivity index (χ1) is 5.72. The molecular formula is C8H8F2NO. The molecule has 1 aromatic rings. The van der Waals surface area contributed by atoms with Crippen molar-refractivity contribution in [2.45, 2.75) is 20.0 Å². The van der Waals surface area contributed by atoms with Crippen molar-refractivity contribution in [1.29, 1.82) is 0 Å². The van der Waals surface area contributed by atoms with Gasteiger partial charge in [-0.3, -0.25) is 4.98 Å². The molecule has 4 heteroatoms. The van der Waals surface area contributed by atoms with Gasteiger partial charge in [0.1, 0.15) is 5.75 Å². The largest absolute Gasteiger partial charge is 0.433 e. The molecule has 0 saturated carbocycles. The van der Waals surface area contributed by atoms with E-state index in [1.807, 2.05) is 6.92 Å².